The van der Waals surface area contributed by atoms with E-state index >= 15 is 0 Å². The fraction of sp³-hybridized carbons (Fsp3) is 0.565. The Bertz CT molecular complexity index is 953. The van der Waals surface area contributed by atoms with E-state index in [0.717, 1.165) is 24.8 Å². The van der Waals surface area contributed by atoms with Crippen molar-refractivity contribution in [1.82, 2.24) is 15.1 Å². The van der Waals surface area contributed by atoms with Crippen LogP contribution in [0.1, 0.15) is 47.3 Å². The molecule has 1 aromatic heterocycles. The van der Waals surface area contributed by atoms with Crippen LogP contribution in [-0.2, 0) is 24.1 Å². The van der Waals surface area contributed by atoms with Crippen molar-refractivity contribution in [2.24, 2.45) is 0 Å². The third kappa shape index (κ3) is 4.72. The monoisotopic (exact) mass is 447 g/mol. The van der Waals surface area contributed by atoms with E-state index in [1.54, 1.807) is 28.9 Å². The zero-order chi connectivity index (χ0) is 22.1. The molecule has 0 spiro atoms. The molecule has 7 nitrogen and oxygen atoms in total. The van der Waals surface area contributed by atoms with Crippen molar-refractivity contribution >= 4 is 5.91 Å². The third-order valence-electron chi connectivity index (χ3n) is 6.24. The van der Waals surface area contributed by atoms with Crippen LogP contribution in [0.3, 0.4) is 0 Å². The first kappa shape index (κ1) is 21.2. The molecular weight excluding hydrogens is 420 g/mol. The number of ether oxygens (including phenoxy) is 3. The molecule has 0 bridgehead atoms. The fourth-order valence-electron chi connectivity index (χ4n) is 4.30. The molecule has 0 radical (unpaired) electrons. The van der Waals surface area contributed by atoms with Crippen molar-refractivity contribution in [3.05, 3.63) is 41.1 Å². The highest BCUT2D eigenvalue weighted by atomic mass is 19.3. The number of carbonyl (C=O) groups is 1. The van der Waals surface area contributed by atoms with E-state index in [2.05, 4.69) is 10.4 Å². The summed E-state index contributed by atoms with van der Waals surface area (Å²) in [5, 5.41) is 7.32. The largest absolute Gasteiger partial charge is 0.491 e. The molecule has 2 atom stereocenters. The van der Waals surface area contributed by atoms with E-state index in [0.29, 0.717) is 55.2 Å². The van der Waals surface area contributed by atoms with Gasteiger partial charge >= 0.3 is 0 Å². The van der Waals surface area contributed by atoms with Gasteiger partial charge in [-0.2, -0.15) is 5.10 Å². The van der Waals surface area contributed by atoms with Gasteiger partial charge in [-0.15, -0.1) is 0 Å². The van der Waals surface area contributed by atoms with Gasteiger partial charge in [-0.05, 0) is 42.9 Å². The van der Waals surface area contributed by atoms with Gasteiger partial charge in [-0.1, -0.05) is 12.1 Å². The summed E-state index contributed by atoms with van der Waals surface area (Å²) < 4.78 is 44.5. The smallest absolute Gasteiger partial charge is 0.272 e. The summed E-state index contributed by atoms with van der Waals surface area (Å²) >= 11 is 0. The Morgan fingerprint density at radius 3 is 2.94 bits per heavy atom. The van der Waals surface area contributed by atoms with Crippen molar-refractivity contribution in [2.45, 2.75) is 69.7 Å². The molecule has 1 aliphatic carbocycles. The number of hydrogen-bond acceptors (Lipinski definition) is 5. The summed E-state index contributed by atoms with van der Waals surface area (Å²) in [7, 11) is 0. The van der Waals surface area contributed by atoms with Crippen LogP contribution >= 0.6 is 0 Å². The number of amides is 1. The summed E-state index contributed by atoms with van der Waals surface area (Å²) in [6, 6.07) is 6.50. The number of carbonyl (C=O) groups excluding carboxylic acids is 1. The van der Waals surface area contributed by atoms with Crippen molar-refractivity contribution in [2.75, 3.05) is 13.2 Å². The van der Waals surface area contributed by atoms with Gasteiger partial charge in [0.15, 0.2) is 5.69 Å². The molecular formula is C23H27F2N3O4. The first-order chi connectivity index (χ1) is 15.5. The van der Waals surface area contributed by atoms with Crippen molar-refractivity contribution in [1.29, 1.82) is 0 Å². The maximum absolute atomic E-state index is 12.7. The van der Waals surface area contributed by atoms with Crippen molar-refractivity contribution in [3.63, 3.8) is 0 Å². The Labute approximate surface area is 185 Å². The maximum Gasteiger partial charge on any atom is 0.272 e. The van der Waals surface area contributed by atoms with Crippen LogP contribution in [0, 0.1) is 0 Å². The van der Waals surface area contributed by atoms with Gasteiger partial charge in [0.05, 0.1) is 25.3 Å². The zero-order valence-corrected chi connectivity index (χ0v) is 17.8. The van der Waals surface area contributed by atoms with Gasteiger partial charge in [0.25, 0.3) is 5.91 Å². The molecule has 5 rings (SSSR count). The number of alkyl halides is 2. The number of fused-ring (bicyclic) bond motifs is 2. The Balaban J connectivity index is 1.13. The molecule has 2 aliphatic heterocycles. The molecule has 2 aromatic rings. The summed E-state index contributed by atoms with van der Waals surface area (Å²) in [5.41, 5.74) is 1.67. The molecule has 3 aliphatic rings. The molecule has 3 heterocycles. The molecule has 172 valence electrons. The minimum atomic E-state index is -2.40. The molecule has 1 saturated carbocycles. The topological polar surface area (TPSA) is 74.6 Å². The highest BCUT2D eigenvalue weighted by Gasteiger charge is 2.29. The summed E-state index contributed by atoms with van der Waals surface area (Å²) in [6.45, 7) is 1.60. The lowest BCUT2D eigenvalue weighted by molar-refractivity contribution is -0.00855. The Morgan fingerprint density at radius 1 is 1.31 bits per heavy atom. The third-order valence-corrected chi connectivity index (χ3v) is 6.24. The minimum absolute atomic E-state index is 0.0142. The van der Waals surface area contributed by atoms with E-state index in [1.807, 2.05) is 0 Å². The average molecular weight is 447 g/mol. The highest BCUT2D eigenvalue weighted by Crippen LogP contribution is 2.28. The lowest BCUT2D eigenvalue weighted by Crippen LogP contribution is -2.43. The maximum atomic E-state index is 12.7. The first-order valence-corrected chi connectivity index (χ1v) is 11.2. The van der Waals surface area contributed by atoms with E-state index in [-0.39, 0.29) is 24.5 Å². The van der Waals surface area contributed by atoms with Crippen molar-refractivity contribution < 1.29 is 27.8 Å². The van der Waals surface area contributed by atoms with Crippen LogP contribution in [0.2, 0.25) is 0 Å². The molecule has 0 saturated heterocycles. The van der Waals surface area contributed by atoms with Gasteiger partial charge < -0.3 is 19.5 Å². The zero-order valence-electron chi connectivity index (χ0n) is 17.8. The normalized spacial score (nSPS) is 22.0. The average Bonchev–Trinajstić information content (AvgIpc) is 3.28. The number of hydrogen-bond donors (Lipinski definition) is 1. The number of nitrogens with one attached hydrogen (secondary N) is 1. The second-order valence-electron chi connectivity index (χ2n) is 8.72. The minimum Gasteiger partial charge on any atom is -0.491 e. The Hall–Kier alpha value is -2.68. The molecule has 32 heavy (non-hydrogen) atoms. The number of rotatable bonds is 8. The molecule has 1 N–H and O–H groups in total. The summed E-state index contributed by atoms with van der Waals surface area (Å²) in [6.07, 6.45) is 2.62. The second-order valence-corrected chi connectivity index (χ2v) is 8.72. The molecule has 1 unspecified atom stereocenters. The van der Waals surface area contributed by atoms with Crippen LogP contribution in [0.5, 0.6) is 11.6 Å². The van der Waals surface area contributed by atoms with Crippen LogP contribution in [0.25, 0.3) is 0 Å². The van der Waals surface area contributed by atoms with Crippen LogP contribution < -0.4 is 14.8 Å². The molecule has 9 heteroatoms. The predicted octanol–water partition coefficient (Wildman–Crippen LogP) is 3.14. The SMILES string of the molecule is O=C(N[C@H]1COc2ccc(CC(F)F)cc2C1)c1cc2n(n1)CC(CCOC1CCC1)O2. The van der Waals surface area contributed by atoms with Gasteiger partial charge in [0, 0.05) is 18.9 Å². The van der Waals surface area contributed by atoms with Gasteiger partial charge in [0.1, 0.15) is 18.5 Å². The van der Waals surface area contributed by atoms with Gasteiger partial charge in [-0.25, -0.2) is 13.5 Å². The van der Waals surface area contributed by atoms with Crippen LogP contribution in [0.15, 0.2) is 24.3 Å². The van der Waals surface area contributed by atoms with E-state index in [1.165, 1.54) is 6.42 Å². The number of aromatic nitrogens is 2. The van der Waals surface area contributed by atoms with E-state index in [9.17, 15) is 13.6 Å². The molecule has 1 fully saturated rings. The van der Waals surface area contributed by atoms with Gasteiger partial charge in [-0.3, -0.25) is 4.79 Å². The quantitative estimate of drug-likeness (QED) is 0.673. The Kier molecular flexibility index (Phi) is 5.99. The van der Waals surface area contributed by atoms with Crippen molar-refractivity contribution in [3.8, 4) is 11.6 Å². The highest BCUT2D eigenvalue weighted by molar-refractivity contribution is 5.92. The predicted molar refractivity (Wildman–Crippen MR) is 111 cm³/mol. The first-order valence-electron chi connectivity index (χ1n) is 11.2. The van der Waals surface area contributed by atoms with Crippen LogP contribution in [-0.4, -0.2) is 53.6 Å². The molecule has 1 amide bonds. The standard InChI is InChI=1S/C23H27F2N3O4/c24-21(25)9-14-4-5-20-15(8-14)10-16(13-31-20)26-23(29)19-11-22-28(27-19)12-18(32-22)6-7-30-17-2-1-3-17/h4-5,8,11,16-18,21H,1-3,6-7,9-10,12-13H2,(H,26,29)/t16-,18?/m1/s1. The Morgan fingerprint density at radius 2 is 2.19 bits per heavy atom. The van der Waals surface area contributed by atoms with Gasteiger partial charge in [0.2, 0.25) is 12.3 Å². The summed E-state index contributed by atoms with van der Waals surface area (Å²) in [4.78, 5) is 12.7. The number of benzene rings is 1. The fourth-order valence-corrected chi connectivity index (χ4v) is 4.30. The number of halogens is 2. The number of nitrogens with zero attached hydrogens (tertiary/aromatic N) is 2. The summed E-state index contributed by atoms with van der Waals surface area (Å²) in [5.74, 6) is 0.960. The van der Waals surface area contributed by atoms with Crippen LogP contribution in [0.4, 0.5) is 8.78 Å². The lowest BCUT2D eigenvalue weighted by Gasteiger charge is -2.26. The lowest BCUT2D eigenvalue weighted by atomic mass is 9.96. The second kappa shape index (κ2) is 9.05. The van der Waals surface area contributed by atoms with E-state index < -0.39 is 6.43 Å². The molecule has 1 aromatic carbocycles. The van der Waals surface area contributed by atoms with E-state index in [4.69, 9.17) is 14.2 Å².